The van der Waals surface area contributed by atoms with Crippen molar-refractivity contribution in [1.29, 1.82) is 0 Å². The molecule has 5 nitrogen and oxygen atoms in total. The lowest BCUT2D eigenvalue weighted by Crippen LogP contribution is -2.43. The van der Waals surface area contributed by atoms with Gasteiger partial charge in [0.1, 0.15) is 6.04 Å². The molecule has 0 aromatic carbocycles. The molecule has 2 N–H and O–H groups in total. The number of amides is 1. The molecule has 1 rings (SSSR count). The summed E-state index contributed by atoms with van der Waals surface area (Å²) >= 11 is 1.58. The number of thiophene rings is 1. The van der Waals surface area contributed by atoms with Crippen molar-refractivity contribution >= 4 is 23.2 Å². The maximum Gasteiger partial charge on any atom is 0.320 e. The first-order valence-electron chi connectivity index (χ1n) is 5.67. The molecule has 0 bridgehead atoms. The number of carboxylic acid groups (broad SMARTS) is 1. The van der Waals surface area contributed by atoms with Gasteiger partial charge >= 0.3 is 5.97 Å². The molecule has 0 aliphatic carbocycles. The third kappa shape index (κ3) is 4.12. The van der Waals surface area contributed by atoms with E-state index in [1.807, 2.05) is 24.4 Å². The van der Waals surface area contributed by atoms with Gasteiger partial charge in [-0.2, -0.15) is 0 Å². The molecule has 0 fully saturated rings. The van der Waals surface area contributed by atoms with Crippen LogP contribution in [0.15, 0.2) is 17.5 Å². The molecular formula is C12H18N2O3S. The Bertz CT molecular complexity index is 405. The maximum atomic E-state index is 11.7. The average molecular weight is 270 g/mol. The van der Waals surface area contributed by atoms with Crippen molar-refractivity contribution in [1.82, 2.24) is 10.2 Å². The Kier molecular flexibility index (Phi) is 5.30. The minimum Gasteiger partial charge on any atom is -0.480 e. The van der Waals surface area contributed by atoms with Crippen molar-refractivity contribution in [2.24, 2.45) is 0 Å². The van der Waals surface area contributed by atoms with E-state index in [2.05, 4.69) is 5.32 Å². The van der Waals surface area contributed by atoms with Gasteiger partial charge < -0.3 is 10.4 Å². The zero-order valence-electron chi connectivity index (χ0n) is 10.7. The monoisotopic (exact) mass is 270 g/mol. The molecule has 1 aromatic heterocycles. The Morgan fingerprint density at radius 3 is 2.67 bits per heavy atom. The Morgan fingerprint density at radius 2 is 2.17 bits per heavy atom. The quantitative estimate of drug-likeness (QED) is 0.818. The van der Waals surface area contributed by atoms with Crippen molar-refractivity contribution in [2.75, 3.05) is 13.6 Å². The van der Waals surface area contributed by atoms with Crippen LogP contribution in [0.5, 0.6) is 0 Å². The van der Waals surface area contributed by atoms with Crippen molar-refractivity contribution in [2.45, 2.75) is 25.9 Å². The van der Waals surface area contributed by atoms with E-state index in [0.717, 1.165) is 4.88 Å². The number of carboxylic acids is 1. The predicted octanol–water partition coefficient (Wildman–Crippen LogP) is 1.33. The second-order valence-corrected chi connectivity index (χ2v) is 5.21. The highest BCUT2D eigenvalue weighted by molar-refractivity contribution is 7.10. The zero-order chi connectivity index (χ0) is 13.7. The average Bonchev–Trinajstić information content (AvgIpc) is 2.80. The minimum absolute atomic E-state index is 0.0500. The number of hydrogen-bond acceptors (Lipinski definition) is 4. The van der Waals surface area contributed by atoms with Crippen LogP contribution in [-0.4, -0.2) is 41.5 Å². The topological polar surface area (TPSA) is 69.6 Å². The molecule has 100 valence electrons. The van der Waals surface area contributed by atoms with Crippen molar-refractivity contribution < 1.29 is 14.7 Å². The summed E-state index contributed by atoms with van der Waals surface area (Å²) in [6, 6.07) is 3.17. The van der Waals surface area contributed by atoms with Gasteiger partial charge in [-0.15, -0.1) is 11.3 Å². The molecule has 1 amide bonds. The van der Waals surface area contributed by atoms with Crippen LogP contribution in [0.1, 0.15) is 24.8 Å². The number of nitrogens with zero attached hydrogens (tertiary/aromatic N) is 1. The van der Waals surface area contributed by atoms with E-state index in [0.29, 0.717) is 0 Å². The molecule has 2 unspecified atom stereocenters. The highest BCUT2D eigenvalue weighted by Gasteiger charge is 2.20. The molecule has 0 saturated carbocycles. The van der Waals surface area contributed by atoms with Gasteiger partial charge in [0.25, 0.3) is 0 Å². The molecular weight excluding hydrogens is 252 g/mol. The van der Waals surface area contributed by atoms with Crippen molar-refractivity contribution in [3.63, 3.8) is 0 Å². The summed E-state index contributed by atoms with van der Waals surface area (Å²) in [5, 5.41) is 13.6. The number of likely N-dealkylation sites (N-methyl/N-ethyl adjacent to an activating group) is 1. The van der Waals surface area contributed by atoms with E-state index >= 15 is 0 Å². The summed E-state index contributed by atoms with van der Waals surface area (Å²) in [5.41, 5.74) is 0. The highest BCUT2D eigenvalue weighted by atomic mass is 32.1. The number of hydrogen-bond donors (Lipinski definition) is 2. The molecule has 6 heteroatoms. The number of nitrogens with one attached hydrogen (secondary N) is 1. The lowest BCUT2D eigenvalue weighted by molar-refractivity contribution is -0.142. The van der Waals surface area contributed by atoms with Gasteiger partial charge in [-0.05, 0) is 32.3 Å². The van der Waals surface area contributed by atoms with Crippen molar-refractivity contribution in [3.8, 4) is 0 Å². The fourth-order valence-electron chi connectivity index (χ4n) is 1.45. The summed E-state index contributed by atoms with van der Waals surface area (Å²) in [6.07, 6.45) is 0. The molecule has 0 aliphatic rings. The summed E-state index contributed by atoms with van der Waals surface area (Å²) in [7, 11) is 1.62. The first-order chi connectivity index (χ1) is 8.41. The van der Waals surface area contributed by atoms with Gasteiger partial charge in [0.2, 0.25) is 5.91 Å². The molecule has 0 aliphatic heterocycles. The normalized spacial score (nSPS) is 14.2. The Labute approximate surface area is 110 Å². The second kappa shape index (κ2) is 6.51. The molecule has 0 saturated heterocycles. The third-order valence-electron chi connectivity index (χ3n) is 2.76. The predicted molar refractivity (Wildman–Crippen MR) is 70.6 cm³/mol. The molecule has 0 radical (unpaired) electrons. The maximum absolute atomic E-state index is 11.7. The van der Waals surface area contributed by atoms with E-state index in [4.69, 9.17) is 5.11 Å². The Balaban J connectivity index is 2.44. The summed E-state index contributed by atoms with van der Waals surface area (Å²) in [4.78, 5) is 25.1. The van der Waals surface area contributed by atoms with Crippen LogP contribution in [0.3, 0.4) is 0 Å². The second-order valence-electron chi connectivity index (χ2n) is 4.23. The largest absolute Gasteiger partial charge is 0.480 e. The van der Waals surface area contributed by atoms with E-state index in [1.165, 1.54) is 4.90 Å². The summed E-state index contributed by atoms with van der Waals surface area (Å²) in [5.74, 6) is -1.11. The van der Waals surface area contributed by atoms with Crippen LogP contribution in [0.2, 0.25) is 0 Å². The Hall–Kier alpha value is -1.40. The van der Waals surface area contributed by atoms with Crippen LogP contribution < -0.4 is 5.32 Å². The molecule has 18 heavy (non-hydrogen) atoms. The lowest BCUT2D eigenvalue weighted by Gasteiger charge is -2.21. The van der Waals surface area contributed by atoms with E-state index < -0.39 is 12.0 Å². The van der Waals surface area contributed by atoms with Crippen LogP contribution in [-0.2, 0) is 9.59 Å². The zero-order valence-corrected chi connectivity index (χ0v) is 11.5. The fraction of sp³-hybridized carbons (Fsp3) is 0.500. The standard InChI is InChI=1S/C12H18N2O3S/c1-8(10-5-4-6-18-10)13-11(15)7-14(3)9(2)12(16)17/h4-6,8-9H,7H2,1-3H3,(H,13,15)(H,16,17). The number of carbonyl (C=O) groups excluding carboxylic acids is 1. The minimum atomic E-state index is -0.934. The molecule has 0 spiro atoms. The molecule has 1 aromatic rings. The smallest absolute Gasteiger partial charge is 0.320 e. The van der Waals surface area contributed by atoms with Gasteiger partial charge in [0.05, 0.1) is 12.6 Å². The third-order valence-corrected chi connectivity index (χ3v) is 3.81. The van der Waals surface area contributed by atoms with E-state index in [1.54, 1.807) is 25.3 Å². The van der Waals surface area contributed by atoms with Gasteiger partial charge in [-0.1, -0.05) is 6.07 Å². The number of aliphatic carboxylic acids is 1. The van der Waals surface area contributed by atoms with Crippen LogP contribution in [0.25, 0.3) is 0 Å². The van der Waals surface area contributed by atoms with Crippen LogP contribution in [0.4, 0.5) is 0 Å². The highest BCUT2D eigenvalue weighted by Crippen LogP contribution is 2.17. The lowest BCUT2D eigenvalue weighted by atomic mass is 10.2. The van der Waals surface area contributed by atoms with Gasteiger partial charge in [-0.3, -0.25) is 14.5 Å². The van der Waals surface area contributed by atoms with E-state index in [-0.39, 0.29) is 18.5 Å². The van der Waals surface area contributed by atoms with Crippen LogP contribution in [0, 0.1) is 0 Å². The van der Waals surface area contributed by atoms with Crippen molar-refractivity contribution in [3.05, 3.63) is 22.4 Å². The molecule has 1 heterocycles. The molecule has 2 atom stereocenters. The van der Waals surface area contributed by atoms with Gasteiger partial charge in [0, 0.05) is 4.88 Å². The first kappa shape index (κ1) is 14.7. The summed E-state index contributed by atoms with van der Waals surface area (Å²) in [6.45, 7) is 3.53. The number of rotatable bonds is 6. The van der Waals surface area contributed by atoms with E-state index in [9.17, 15) is 9.59 Å². The summed E-state index contributed by atoms with van der Waals surface area (Å²) < 4.78 is 0. The van der Waals surface area contributed by atoms with Gasteiger partial charge in [0.15, 0.2) is 0 Å². The number of carbonyl (C=O) groups is 2. The first-order valence-corrected chi connectivity index (χ1v) is 6.55. The SMILES string of the molecule is CC(NC(=O)CN(C)C(C)C(=O)O)c1cccs1. The fourth-order valence-corrected chi connectivity index (χ4v) is 2.18. The Morgan fingerprint density at radius 1 is 1.50 bits per heavy atom. The van der Waals surface area contributed by atoms with Gasteiger partial charge in [-0.25, -0.2) is 0 Å². The van der Waals surface area contributed by atoms with Crippen LogP contribution >= 0.6 is 11.3 Å².